The summed E-state index contributed by atoms with van der Waals surface area (Å²) in [4.78, 5) is 6.36. The average molecular weight is 270 g/mol. The van der Waals surface area contributed by atoms with Crippen molar-refractivity contribution in [2.24, 2.45) is 0 Å². The lowest BCUT2D eigenvalue weighted by Gasteiger charge is -2.24. The van der Waals surface area contributed by atoms with Gasteiger partial charge in [0.1, 0.15) is 5.82 Å². The molecule has 4 rings (SSSR count). The van der Waals surface area contributed by atoms with E-state index in [1.54, 1.807) is 4.88 Å². The molecule has 2 aromatic heterocycles. The van der Waals surface area contributed by atoms with Gasteiger partial charge < -0.3 is 5.32 Å². The molecule has 0 aromatic carbocycles. The number of pyridine rings is 1. The normalized spacial score (nSPS) is 20.9. The van der Waals surface area contributed by atoms with Gasteiger partial charge in [-0.1, -0.05) is 6.07 Å². The minimum Gasteiger partial charge on any atom is -0.363 e. The Hall–Kier alpha value is -1.35. The third-order valence-electron chi connectivity index (χ3n) is 4.30. The number of thiophene rings is 1. The molecule has 2 aromatic rings. The molecule has 19 heavy (non-hydrogen) atoms. The summed E-state index contributed by atoms with van der Waals surface area (Å²) in [6, 6.07) is 7.16. The molecular formula is C16H18N2S. The van der Waals surface area contributed by atoms with E-state index < -0.39 is 0 Å². The standard InChI is InChI=1S/C16H18N2S/c1-3-11-7-8-16(17-13(11)4-1)18-14-5-2-6-15-12(14)9-10-19-15/h7-10,14H,1-6H2,(H,17,18). The maximum Gasteiger partial charge on any atom is 0.126 e. The zero-order valence-corrected chi connectivity index (χ0v) is 11.8. The third kappa shape index (κ3) is 2.06. The fourth-order valence-corrected chi connectivity index (χ4v) is 4.30. The van der Waals surface area contributed by atoms with E-state index in [-0.39, 0.29) is 0 Å². The number of hydrogen-bond acceptors (Lipinski definition) is 3. The molecule has 0 saturated heterocycles. The van der Waals surface area contributed by atoms with E-state index in [1.807, 2.05) is 11.3 Å². The topological polar surface area (TPSA) is 24.9 Å². The van der Waals surface area contributed by atoms with Crippen molar-refractivity contribution in [2.45, 2.75) is 44.6 Å². The van der Waals surface area contributed by atoms with Crippen LogP contribution in [0.2, 0.25) is 0 Å². The van der Waals surface area contributed by atoms with Gasteiger partial charge in [-0.25, -0.2) is 4.98 Å². The number of anilines is 1. The van der Waals surface area contributed by atoms with Crippen LogP contribution in [0, 0.1) is 0 Å². The van der Waals surface area contributed by atoms with E-state index in [9.17, 15) is 0 Å². The molecule has 1 N–H and O–H groups in total. The van der Waals surface area contributed by atoms with E-state index in [0.29, 0.717) is 6.04 Å². The highest BCUT2D eigenvalue weighted by Crippen LogP contribution is 2.35. The molecule has 0 amide bonds. The van der Waals surface area contributed by atoms with Crippen molar-refractivity contribution in [2.75, 3.05) is 5.32 Å². The smallest absolute Gasteiger partial charge is 0.126 e. The van der Waals surface area contributed by atoms with Crippen LogP contribution in [0.25, 0.3) is 0 Å². The van der Waals surface area contributed by atoms with Crippen LogP contribution in [0.1, 0.15) is 47.0 Å². The molecule has 98 valence electrons. The van der Waals surface area contributed by atoms with Crippen LogP contribution in [0.3, 0.4) is 0 Å². The van der Waals surface area contributed by atoms with Gasteiger partial charge in [-0.3, -0.25) is 0 Å². The van der Waals surface area contributed by atoms with Gasteiger partial charge in [-0.2, -0.15) is 0 Å². The number of rotatable bonds is 2. The second-order valence-electron chi connectivity index (χ2n) is 5.54. The molecule has 0 radical (unpaired) electrons. The highest BCUT2D eigenvalue weighted by Gasteiger charge is 2.22. The second kappa shape index (κ2) is 4.64. The largest absolute Gasteiger partial charge is 0.363 e. The monoisotopic (exact) mass is 270 g/mol. The Balaban J connectivity index is 1.59. The Kier molecular flexibility index (Phi) is 2.80. The van der Waals surface area contributed by atoms with E-state index in [2.05, 4.69) is 28.9 Å². The summed E-state index contributed by atoms with van der Waals surface area (Å²) in [6.07, 6.45) is 7.39. The van der Waals surface area contributed by atoms with Crippen LogP contribution >= 0.6 is 11.3 Å². The zero-order chi connectivity index (χ0) is 12.7. The molecule has 0 saturated carbocycles. The molecule has 2 nitrogen and oxygen atoms in total. The first-order valence-corrected chi connectivity index (χ1v) is 8.10. The molecule has 1 atom stereocenters. The van der Waals surface area contributed by atoms with Crippen LogP contribution < -0.4 is 5.32 Å². The van der Waals surface area contributed by atoms with Gasteiger partial charge in [0.05, 0.1) is 6.04 Å². The first-order valence-electron chi connectivity index (χ1n) is 7.22. The summed E-state index contributed by atoms with van der Waals surface area (Å²) in [6.45, 7) is 0. The predicted octanol–water partition coefficient (Wildman–Crippen LogP) is 4.12. The fraction of sp³-hybridized carbons (Fsp3) is 0.438. The number of nitrogens with zero attached hydrogens (tertiary/aromatic N) is 1. The van der Waals surface area contributed by atoms with Crippen LogP contribution in [-0.2, 0) is 19.3 Å². The molecule has 2 heterocycles. The molecule has 0 aliphatic heterocycles. The summed E-state index contributed by atoms with van der Waals surface area (Å²) in [7, 11) is 0. The number of nitrogens with one attached hydrogen (secondary N) is 1. The van der Waals surface area contributed by atoms with E-state index in [4.69, 9.17) is 4.98 Å². The summed E-state index contributed by atoms with van der Waals surface area (Å²) >= 11 is 1.90. The van der Waals surface area contributed by atoms with E-state index >= 15 is 0 Å². The van der Waals surface area contributed by atoms with Crippen molar-refractivity contribution in [1.82, 2.24) is 4.98 Å². The van der Waals surface area contributed by atoms with Crippen molar-refractivity contribution < 1.29 is 0 Å². The molecule has 0 fully saturated rings. The Morgan fingerprint density at radius 3 is 3.11 bits per heavy atom. The minimum atomic E-state index is 0.460. The van der Waals surface area contributed by atoms with Crippen LogP contribution in [-0.4, -0.2) is 4.98 Å². The van der Waals surface area contributed by atoms with Gasteiger partial charge >= 0.3 is 0 Å². The van der Waals surface area contributed by atoms with Gasteiger partial charge in [0.15, 0.2) is 0 Å². The average Bonchev–Trinajstić information content (AvgIpc) is 3.06. The van der Waals surface area contributed by atoms with Gasteiger partial charge in [-0.05, 0) is 67.2 Å². The van der Waals surface area contributed by atoms with Crippen molar-refractivity contribution in [1.29, 1.82) is 0 Å². The Labute approximate surface area is 117 Å². The molecule has 2 aliphatic carbocycles. The maximum absolute atomic E-state index is 4.80. The van der Waals surface area contributed by atoms with Crippen molar-refractivity contribution in [3.63, 3.8) is 0 Å². The molecule has 0 spiro atoms. The predicted molar refractivity (Wildman–Crippen MR) is 79.9 cm³/mol. The van der Waals surface area contributed by atoms with Crippen molar-refractivity contribution in [3.05, 3.63) is 45.3 Å². The van der Waals surface area contributed by atoms with Gasteiger partial charge in [0.25, 0.3) is 0 Å². The minimum absolute atomic E-state index is 0.460. The Morgan fingerprint density at radius 1 is 1.11 bits per heavy atom. The first-order chi connectivity index (χ1) is 9.40. The van der Waals surface area contributed by atoms with Gasteiger partial charge in [-0.15, -0.1) is 11.3 Å². The molecule has 3 heteroatoms. The van der Waals surface area contributed by atoms with Gasteiger partial charge in [0, 0.05) is 10.6 Å². The van der Waals surface area contributed by atoms with Gasteiger partial charge in [0.2, 0.25) is 0 Å². The summed E-state index contributed by atoms with van der Waals surface area (Å²) in [5, 5.41) is 5.87. The molecule has 0 bridgehead atoms. The third-order valence-corrected chi connectivity index (χ3v) is 5.30. The maximum atomic E-state index is 4.80. The lowest BCUT2D eigenvalue weighted by atomic mass is 9.94. The highest BCUT2D eigenvalue weighted by molar-refractivity contribution is 7.10. The van der Waals surface area contributed by atoms with Crippen LogP contribution in [0.4, 0.5) is 5.82 Å². The summed E-state index contributed by atoms with van der Waals surface area (Å²) in [5.74, 6) is 1.06. The lowest BCUT2D eigenvalue weighted by molar-refractivity contribution is 0.606. The summed E-state index contributed by atoms with van der Waals surface area (Å²) in [5.41, 5.74) is 4.26. The summed E-state index contributed by atoms with van der Waals surface area (Å²) < 4.78 is 0. The molecular weight excluding hydrogens is 252 g/mol. The first kappa shape index (κ1) is 11.5. The van der Waals surface area contributed by atoms with Crippen LogP contribution in [0.5, 0.6) is 0 Å². The van der Waals surface area contributed by atoms with Crippen molar-refractivity contribution >= 4 is 17.2 Å². The Morgan fingerprint density at radius 2 is 2.11 bits per heavy atom. The fourth-order valence-electron chi connectivity index (χ4n) is 3.32. The SMILES string of the molecule is c1cc2c(s1)CCCC2Nc1ccc2c(n1)CCC2. The quantitative estimate of drug-likeness (QED) is 0.888. The van der Waals surface area contributed by atoms with Crippen LogP contribution in [0.15, 0.2) is 23.6 Å². The number of aromatic nitrogens is 1. The highest BCUT2D eigenvalue weighted by atomic mass is 32.1. The van der Waals surface area contributed by atoms with E-state index in [1.165, 1.54) is 48.9 Å². The number of aryl methyl sites for hydroxylation is 3. The second-order valence-corrected chi connectivity index (χ2v) is 6.54. The molecule has 1 unspecified atom stereocenters. The zero-order valence-electron chi connectivity index (χ0n) is 11.0. The number of fused-ring (bicyclic) bond motifs is 2. The van der Waals surface area contributed by atoms with Crippen molar-refractivity contribution in [3.8, 4) is 0 Å². The van der Waals surface area contributed by atoms with E-state index in [0.717, 1.165) is 12.2 Å². The Bertz CT molecular complexity index is 603. The number of hydrogen-bond donors (Lipinski definition) is 1. The lowest BCUT2D eigenvalue weighted by Crippen LogP contribution is -2.16. The molecule has 2 aliphatic rings.